The molecule has 0 spiro atoms. The molecule has 7 rings (SSSR count). The molecular formula is C23H27N7O2. The highest BCUT2D eigenvalue weighted by molar-refractivity contribution is 5.97. The first-order chi connectivity index (χ1) is 15.4. The molecule has 0 unspecified atom stereocenters. The summed E-state index contributed by atoms with van der Waals surface area (Å²) in [7, 11) is 1.72. The number of fused-ring (bicyclic) bond motifs is 1. The van der Waals surface area contributed by atoms with Crippen LogP contribution in [0.25, 0.3) is 22.7 Å². The largest absolute Gasteiger partial charge is 0.335 e. The summed E-state index contributed by atoms with van der Waals surface area (Å²) in [5.74, 6) is 1.19. The summed E-state index contributed by atoms with van der Waals surface area (Å²) < 4.78 is 0. The summed E-state index contributed by atoms with van der Waals surface area (Å²) in [5.41, 5.74) is 5.87. The van der Waals surface area contributed by atoms with Crippen molar-refractivity contribution in [2.24, 2.45) is 5.41 Å². The predicted octanol–water partition coefficient (Wildman–Crippen LogP) is 2.76. The number of pyridine rings is 1. The number of hydrogen-bond acceptors (Lipinski definition) is 5. The minimum absolute atomic E-state index is 0.0545. The zero-order valence-corrected chi connectivity index (χ0v) is 18.4. The van der Waals surface area contributed by atoms with E-state index in [0.29, 0.717) is 41.5 Å². The topological polar surface area (TPSA) is 111 Å². The molecule has 2 bridgehead atoms. The van der Waals surface area contributed by atoms with Crippen LogP contribution < -0.4 is 4.90 Å². The number of hydrogen-bond donors (Lipinski definition) is 2. The standard InChI is InChI=1S/C23H27N7O2/c1-23-8-13(9-23)19-16(10-23)27-28-20(19)22-25-15-7-14(11-24-21(15)26-22)29(2)18(32)12-30-6-4-3-5-17(30)31/h7,11,13H,3-6,8-10,12H2,1-2H3,(H,27,28)(H,24,25,26). The Hall–Kier alpha value is -3.23. The average Bonchev–Trinajstić information content (AvgIpc) is 3.37. The quantitative estimate of drug-likeness (QED) is 0.657. The van der Waals surface area contributed by atoms with Gasteiger partial charge in [-0.15, -0.1) is 0 Å². The van der Waals surface area contributed by atoms with Gasteiger partial charge < -0.3 is 14.8 Å². The fraction of sp³-hybridized carbons (Fsp3) is 0.522. The normalized spacial score (nSPS) is 24.4. The first kappa shape index (κ1) is 19.5. The van der Waals surface area contributed by atoms with Gasteiger partial charge >= 0.3 is 0 Å². The number of H-pyrrole nitrogens is 2. The zero-order valence-electron chi connectivity index (χ0n) is 18.4. The van der Waals surface area contributed by atoms with Crippen LogP contribution in [0.1, 0.15) is 56.2 Å². The molecule has 3 aromatic rings. The number of likely N-dealkylation sites (tertiary alicyclic amines) is 1. The Bertz CT molecular complexity index is 1240. The molecule has 1 saturated carbocycles. The van der Waals surface area contributed by atoms with Crippen LogP contribution in [0.2, 0.25) is 0 Å². The molecule has 32 heavy (non-hydrogen) atoms. The third-order valence-corrected chi connectivity index (χ3v) is 7.43. The SMILES string of the molecule is CN(C(=O)CN1CCCCC1=O)c1cnc2nc(-c3n[nH]c4c3C3CC(C)(C4)C3)[nH]c2c1. The lowest BCUT2D eigenvalue weighted by Crippen LogP contribution is -2.43. The van der Waals surface area contributed by atoms with Gasteiger partial charge in [0.05, 0.1) is 17.4 Å². The summed E-state index contributed by atoms with van der Waals surface area (Å²) in [6.07, 6.45) is 7.49. The van der Waals surface area contributed by atoms with E-state index in [1.165, 1.54) is 24.1 Å². The highest BCUT2D eigenvalue weighted by Gasteiger charge is 2.48. The maximum Gasteiger partial charge on any atom is 0.246 e. The Morgan fingerprint density at radius 2 is 2.19 bits per heavy atom. The van der Waals surface area contributed by atoms with Crippen LogP contribution in [0.5, 0.6) is 0 Å². The van der Waals surface area contributed by atoms with Crippen LogP contribution in [-0.2, 0) is 16.0 Å². The Morgan fingerprint density at radius 1 is 1.34 bits per heavy atom. The summed E-state index contributed by atoms with van der Waals surface area (Å²) in [4.78, 5) is 40.5. The van der Waals surface area contributed by atoms with E-state index in [1.54, 1.807) is 23.0 Å². The number of anilines is 1. The van der Waals surface area contributed by atoms with Crippen molar-refractivity contribution >= 4 is 28.7 Å². The molecule has 1 aliphatic heterocycles. The second kappa shape index (κ2) is 6.88. The number of piperidine rings is 1. The highest BCUT2D eigenvalue weighted by Crippen LogP contribution is 2.59. The lowest BCUT2D eigenvalue weighted by molar-refractivity contribution is -0.137. The molecule has 9 heteroatoms. The minimum Gasteiger partial charge on any atom is -0.335 e. The third kappa shape index (κ3) is 3.02. The fourth-order valence-electron chi connectivity index (χ4n) is 5.67. The van der Waals surface area contributed by atoms with Gasteiger partial charge in [-0.25, -0.2) is 9.97 Å². The van der Waals surface area contributed by atoms with Crippen molar-refractivity contribution in [3.63, 3.8) is 0 Å². The molecule has 2 N–H and O–H groups in total. The Morgan fingerprint density at radius 3 is 3.00 bits per heavy atom. The molecule has 0 aromatic carbocycles. The van der Waals surface area contributed by atoms with Crippen LogP contribution in [0.15, 0.2) is 12.3 Å². The van der Waals surface area contributed by atoms with Crippen molar-refractivity contribution in [2.45, 2.75) is 51.4 Å². The summed E-state index contributed by atoms with van der Waals surface area (Å²) >= 11 is 0. The number of nitrogens with zero attached hydrogens (tertiary/aromatic N) is 5. The van der Waals surface area contributed by atoms with E-state index in [0.717, 1.165) is 30.5 Å². The minimum atomic E-state index is -0.129. The van der Waals surface area contributed by atoms with Crippen molar-refractivity contribution < 1.29 is 9.59 Å². The molecule has 166 valence electrons. The number of amides is 2. The fourth-order valence-corrected chi connectivity index (χ4v) is 5.67. The van der Waals surface area contributed by atoms with Gasteiger partial charge in [0.2, 0.25) is 11.8 Å². The monoisotopic (exact) mass is 433 g/mol. The molecule has 3 aromatic heterocycles. The number of carbonyl (C=O) groups is 2. The highest BCUT2D eigenvalue weighted by atomic mass is 16.2. The first-order valence-electron chi connectivity index (χ1n) is 11.4. The molecule has 2 fully saturated rings. The van der Waals surface area contributed by atoms with Crippen LogP contribution in [0.4, 0.5) is 5.69 Å². The third-order valence-electron chi connectivity index (χ3n) is 7.43. The number of likely N-dealkylation sites (N-methyl/N-ethyl adjacent to an activating group) is 1. The van der Waals surface area contributed by atoms with Crippen LogP contribution in [0.3, 0.4) is 0 Å². The number of aromatic amines is 2. The zero-order chi connectivity index (χ0) is 22.0. The van der Waals surface area contributed by atoms with E-state index in [-0.39, 0.29) is 18.4 Å². The van der Waals surface area contributed by atoms with Crippen molar-refractivity contribution in [3.8, 4) is 11.5 Å². The van der Waals surface area contributed by atoms with Crippen LogP contribution in [-0.4, -0.2) is 62.0 Å². The summed E-state index contributed by atoms with van der Waals surface area (Å²) in [6.45, 7) is 3.09. The second-order valence-electron chi connectivity index (χ2n) is 9.93. The molecule has 4 aliphatic rings. The van der Waals surface area contributed by atoms with Gasteiger partial charge in [0.1, 0.15) is 12.2 Å². The number of nitrogens with one attached hydrogen (secondary N) is 2. The molecule has 0 radical (unpaired) electrons. The van der Waals surface area contributed by atoms with Gasteiger partial charge in [0.25, 0.3) is 0 Å². The van der Waals surface area contributed by atoms with Gasteiger partial charge in [-0.3, -0.25) is 14.7 Å². The van der Waals surface area contributed by atoms with Gasteiger partial charge in [-0.2, -0.15) is 5.10 Å². The van der Waals surface area contributed by atoms with E-state index < -0.39 is 0 Å². The number of rotatable bonds is 4. The molecule has 3 aliphatic carbocycles. The lowest BCUT2D eigenvalue weighted by Gasteiger charge is -2.50. The maximum absolute atomic E-state index is 12.8. The Kier molecular flexibility index (Phi) is 4.18. The Labute approximate surface area is 185 Å². The molecule has 0 atom stereocenters. The van der Waals surface area contributed by atoms with Gasteiger partial charge in [-0.1, -0.05) is 6.92 Å². The van der Waals surface area contributed by atoms with Gasteiger partial charge in [0.15, 0.2) is 11.5 Å². The van der Waals surface area contributed by atoms with Crippen molar-refractivity contribution in [1.82, 2.24) is 30.0 Å². The maximum atomic E-state index is 12.8. The van der Waals surface area contributed by atoms with Crippen molar-refractivity contribution in [2.75, 3.05) is 25.0 Å². The van der Waals surface area contributed by atoms with E-state index in [4.69, 9.17) is 0 Å². The number of imidazole rings is 1. The molecule has 1 saturated heterocycles. The Balaban J connectivity index is 1.25. The lowest BCUT2D eigenvalue weighted by atomic mass is 9.54. The molecular weight excluding hydrogens is 406 g/mol. The van der Waals surface area contributed by atoms with Gasteiger partial charge in [0, 0.05) is 31.3 Å². The van der Waals surface area contributed by atoms with Gasteiger partial charge in [-0.05, 0) is 49.5 Å². The molecule has 2 amide bonds. The summed E-state index contributed by atoms with van der Waals surface area (Å²) in [5, 5.41) is 7.81. The van der Waals surface area contributed by atoms with Crippen molar-refractivity contribution in [1.29, 1.82) is 0 Å². The predicted molar refractivity (Wildman–Crippen MR) is 119 cm³/mol. The number of aromatic nitrogens is 5. The van der Waals surface area contributed by atoms with E-state index in [1.807, 2.05) is 6.07 Å². The number of carbonyl (C=O) groups excluding carboxylic acids is 2. The van der Waals surface area contributed by atoms with E-state index >= 15 is 0 Å². The average molecular weight is 434 g/mol. The second-order valence-corrected chi connectivity index (χ2v) is 9.93. The van der Waals surface area contributed by atoms with Crippen LogP contribution >= 0.6 is 0 Å². The van der Waals surface area contributed by atoms with Crippen molar-refractivity contribution in [3.05, 3.63) is 23.5 Å². The summed E-state index contributed by atoms with van der Waals surface area (Å²) in [6, 6.07) is 1.88. The smallest absolute Gasteiger partial charge is 0.246 e. The van der Waals surface area contributed by atoms with E-state index in [2.05, 4.69) is 32.1 Å². The molecule has 4 heterocycles. The molecule has 9 nitrogen and oxygen atoms in total. The van der Waals surface area contributed by atoms with E-state index in [9.17, 15) is 9.59 Å². The first-order valence-corrected chi connectivity index (χ1v) is 11.4. The van der Waals surface area contributed by atoms with Crippen LogP contribution in [0, 0.1) is 5.41 Å².